The molecule has 0 aromatic heterocycles. The van der Waals surface area contributed by atoms with Crippen LogP contribution in [0.4, 0.5) is 0 Å². The van der Waals surface area contributed by atoms with Crippen LogP contribution in [0.25, 0.3) is 0 Å². The van der Waals surface area contributed by atoms with E-state index < -0.39 is 6.10 Å². The molecule has 0 amide bonds. The second kappa shape index (κ2) is 7.24. The largest absolute Gasteiger partial charge is 0.394 e. The van der Waals surface area contributed by atoms with Gasteiger partial charge in [-0.1, -0.05) is 21.6 Å². The lowest BCUT2D eigenvalue weighted by Crippen LogP contribution is -2.14. The van der Waals surface area contributed by atoms with Crippen molar-refractivity contribution in [2.24, 2.45) is 0 Å². The van der Waals surface area contributed by atoms with Gasteiger partial charge in [0.25, 0.3) is 0 Å². The Morgan fingerprint density at radius 2 is 1.73 bits per heavy atom. The second-order valence-corrected chi connectivity index (χ2v) is 4.81. The average Bonchev–Trinajstić information content (AvgIpc) is 1.97. The smallest absolute Gasteiger partial charge is 0.0869 e. The first kappa shape index (κ1) is 11.6. The van der Waals surface area contributed by atoms with Crippen LogP contribution < -0.4 is 0 Å². The highest BCUT2D eigenvalue weighted by Gasteiger charge is 2.02. The molecule has 0 radical (unpaired) electrons. The van der Waals surface area contributed by atoms with Crippen LogP contribution in [-0.4, -0.2) is 45.6 Å². The zero-order chi connectivity index (χ0) is 8.69. The number of hydrogen-bond acceptors (Lipinski definition) is 5. The molecule has 0 bridgehead atoms. The third-order valence-electron chi connectivity index (χ3n) is 0.864. The molecular weight excluding hydrogens is 184 g/mol. The maximum Gasteiger partial charge on any atom is 0.0869 e. The monoisotopic (exact) mass is 198 g/mol. The van der Waals surface area contributed by atoms with Crippen LogP contribution in [0.5, 0.6) is 0 Å². The molecule has 68 valence electrons. The van der Waals surface area contributed by atoms with Crippen molar-refractivity contribution >= 4 is 21.6 Å². The quantitative estimate of drug-likeness (QED) is 0.417. The van der Waals surface area contributed by atoms with Crippen molar-refractivity contribution in [3.8, 4) is 0 Å². The van der Waals surface area contributed by atoms with Crippen molar-refractivity contribution in [1.29, 1.82) is 0 Å². The predicted octanol–water partition coefficient (Wildman–Crippen LogP) is 0.102. The van der Waals surface area contributed by atoms with Gasteiger partial charge in [-0.15, -0.1) is 0 Å². The Balaban J connectivity index is 3.01. The Morgan fingerprint density at radius 3 is 2.18 bits per heavy atom. The van der Waals surface area contributed by atoms with Gasteiger partial charge in [0, 0.05) is 11.5 Å². The molecule has 0 rings (SSSR count). The van der Waals surface area contributed by atoms with Crippen LogP contribution >= 0.6 is 21.6 Å². The minimum atomic E-state index is -0.638. The van der Waals surface area contributed by atoms with Crippen LogP contribution in [0.3, 0.4) is 0 Å². The molecule has 0 aliphatic rings. The van der Waals surface area contributed by atoms with Crippen LogP contribution in [0.2, 0.25) is 0 Å². The topological polar surface area (TPSA) is 60.7 Å². The van der Waals surface area contributed by atoms with Crippen molar-refractivity contribution in [3.63, 3.8) is 0 Å². The lowest BCUT2D eigenvalue weighted by molar-refractivity contribution is 0.114. The number of hydrogen-bond donors (Lipinski definition) is 3. The summed E-state index contributed by atoms with van der Waals surface area (Å²) in [7, 11) is 2.96. The van der Waals surface area contributed by atoms with E-state index in [4.69, 9.17) is 15.3 Å². The molecule has 2 atom stereocenters. The van der Waals surface area contributed by atoms with Crippen LogP contribution in [0, 0.1) is 0 Å². The summed E-state index contributed by atoms with van der Waals surface area (Å²) in [6.45, 7) is 1.53. The van der Waals surface area contributed by atoms with Crippen molar-refractivity contribution in [1.82, 2.24) is 0 Å². The maximum absolute atomic E-state index is 8.88. The lowest BCUT2D eigenvalue weighted by Gasteiger charge is -2.06. The summed E-state index contributed by atoms with van der Waals surface area (Å²) in [6, 6.07) is 0. The first-order valence-electron chi connectivity index (χ1n) is 3.38. The van der Waals surface area contributed by atoms with Crippen LogP contribution in [-0.2, 0) is 0 Å². The molecule has 0 aromatic carbocycles. The van der Waals surface area contributed by atoms with Crippen molar-refractivity contribution in [2.45, 2.75) is 19.1 Å². The van der Waals surface area contributed by atoms with Crippen molar-refractivity contribution in [3.05, 3.63) is 0 Å². The van der Waals surface area contributed by atoms with Gasteiger partial charge in [0.05, 0.1) is 18.8 Å². The fourth-order valence-corrected chi connectivity index (χ4v) is 2.62. The zero-order valence-electron chi connectivity index (χ0n) is 6.43. The number of aliphatic hydroxyl groups excluding tert-OH is 3. The Kier molecular flexibility index (Phi) is 7.62. The summed E-state index contributed by atoms with van der Waals surface area (Å²) in [5, 5.41) is 26.1. The van der Waals surface area contributed by atoms with Gasteiger partial charge in [0.1, 0.15) is 0 Å². The van der Waals surface area contributed by atoms with E-state index in [0.717, 1.165) is 0 Å². The van der Waals surface area contributed by atoms with Gasteiger partial charge < -0.3 is 15.3 Å². The standard InChI is InChI=1S/C6H14O3S2/c1-5(8)3-10-11-4-6(9)2-7/h5-9H,2-4H2,1H3. The molecule has 0 saturated heterocycles. The van der Waals surface area contributed by atoms with Gasteiger partial charge in [-0.2, -0.15) is 0 Å². The van der Waals surface area contributed by atoms with E-state index in [9.17, 15) is 0 Å². The zero-order valence-corrected chi connectivity index (χ0v) is 8.07. The van der Waals surface area contributed by atoms with Crippen molar-refractivity contribution in [2.75, 3.05) is 18.1 Å². The molecule has 3 N–H and O–H groups in total. The van der Waals surface area contributed by atoms with E-state index in [1.165, 1.54) is 21.6 Å². The van der Waals surface area contributed by atoms with E-state index in [1.807, 2.05) is 0 Å². The lowest BCUT2D eigenvalue weighted by atomic mass is 10.4. The molecule has 0 heterocycles. The Labute approximate surface area is 74.6 Å². The molecule has 0 aliphatic carbocycles. The Bertz CT molecular complexity index is 89.9. The van der Waals surface area contributed by atoms with E-state index in [1.54, 1.807) is 6.92 Å². The fraction of sp³-hybridized carbons (Fsp3) is 1.00. The maximum atomic E-state index is 8.88. The second-order valence-electron chi connectivity index (χ2n) is 2.25. The average molecular weight is 198 g/mol. The van der Waals surface area contributed by atoms with E-state index in [-0.39, 0.29) is 12.7 Å². The van der Waals surface area contributed by atoms with Gasteiger partial charge in [-0.25, -0.2) is 0 Å². The molecule has 0 aliphatic heterocycles. The predicted molar refractivity (Wildman–Crippen MR) is 49.7 cm³/mol. The number of aliphatic hydroxyl groups is 3. The summed E-state index contributed by atoms with van der Waals surface area (Å²) in [6.07, 6.45) is -0.944. The third kappa shape index (κ3) is 8.49. The summed E-state index contributed by atoms with van der Waals surface area (Å²) >= 11 is 0. The summed E-state index contributed by atoms with van der Waals surface area (Å²) in [4.78, 5) is 0. The van der Waals surface area contributed by atoms with E-state index in [0.29, 0.717) is 11.5 Å². The molecule has 0 saturated carbocycles. The van der Waals surface area contributed by atoms with E-state index >= 15 is 0 Å². The SMILES string of the molecule is CC(O)CSSCC(O)CO. The Morgan fingerprint density at radius 1 is 1.18 bits per heavy atom. The summed E-state index contributed by atoms with van der Waals surface area (Å²) in [5.41, 5.74) is 0. The van der Waals surface area contributed by atoms with Crippen LogP contribution in [0.15, 0.2) is 0 Å². The van der Waals surface area contributed by atoms with Crippen molar-refractivity contribution < 1.29 is 15.3 Å². The van der Waals surface area contributed by atoms with Gasteiger partial charge in [0.15, 0.2) is 0 Å². The van der Waals surface area contributed by atoms with E-state index in [2.05, 4.69) is 0 Å². The highest BCUT2D eigenvalue weighted by atomic mass is 33.1. The van der Waals surface area contributed by atoms with Crippen LogP contribution in [0.1, 0.15) is 6.92 Å². The fourth-order valence-electron chi connectivity index (χ4n) is 0.326. The molecular formula is C6H14O3S2. The third-order valence-corrected chi connectivity index (χ3v) is 3.49. The minimum absolute atomic E-state index is 0.192. The van der Waals surface area contributed by atoms with Gasteiger partial charge in [-0.05, 0) is 6.92 Å². The van der Waals surface area contributed by atoms with Gasteiger partial charge >= 0.3 is 0 Å². The minimum Gasteiger partial charge on any atom is -0.394 e. The molecule has 0 aromatic rings. The molecule has 2 unspecified atom stereocenters. The first-order valence-corrected chi connectivity index (χ1v) is 5.87. The summed E-state index contributed by atoms with van der Waals surface area (Å²) < 4.78 is 0. The summed E-state index contributed by atoms with van der Waals surface area (Å²) in [5.74, 6) is 1.16. The Hall–Kier alpha value is 0.580. The normalized spacial score (nSPS) is 16.4. The highest BCUT2D eigenvalue weighted by molar-refractivity contribution is 8.76. The van der Waals surface area contributed by atoms with Gasteiger partial charge in [-0.3, -0.25) is 0 Å². The molecule has 3 nitrogen and oxygen atoms in total. The molecule has 0 fully saturated rings. The molecule has 11 heavy (non-hydrogen) atoms. The first-order chi connectivity index (χ1) is 5.16. The van der Waals surface area contributed by atoms with Gasteiger partial charge in [0.2, 0.25) is 0 Å². The number of rotatable bonds is 6. The molecule has 5 heteroatoms. The molecule has 0 spiro atoms. The highest BCUT2D eigenvalue weighted by Crippen LogP contribution is 2.22.